The number of anilines is 1. The van der Waals surface area contributed by atoms with Gasteiger partial charge in [0, 0.05) is 10.2 Å². The minimum absolute atomic E-state index is 0.155. The van der Waals surface area contributed by atoms with Crippen molar-refractivity contribution in [3.05, 3.63) is 57.1 Å². The second-order valence-electron chi connectivity index (χ2n) is 6.07. The molecule has 0 bridgehead atoms. The van der Waals surface area contributed by atoms with Crippen molar-refractivity contribution in [1.82, 2.24) is 0 Å². The Hall–Kier alpha value is -1.81. The number of unbranched alkanes of at least 4 members (excludes halogenated alkanes) is 1. The fourth-order valence-corrected chi connectivity index (χ4v) is 3.05. The van der Waals surface area contributed by atoms with Crippen molar-refractivity contribution >= 4 is 27.5 Å². The van der Waals surface area contributed by atoms with Crippen molar-refractivity contribution in [3.8, 4) is 5.75 Å². The van der Waals surface area contributed by atoms with Crippen LogP contribution in [0, 0.1) is 20.8 Å². The number of carbonyl (C=O) groups excluding carboxylic acids is 1. The summed E-state index contributed by atoms with van der Waals surface area (Å²) in [6.07, 6.45) is 2.02. The molecule has 128 valence electrons. The van der Waals surface area contributed by atoms with E-state index in [1.165, 1.54) is 5.56 Å². The van der Waals surface area contributed by atoms with Gasteiger partial charge < -0.3 is 10.1 Å². The molecule has 0 atom stereocenters. The number of amides is 1. The Morgan fingerprint density at radius 3 is 2.42 bits per heavy atom. The highest BCUT2D eigenvalue weighted by atomic mass is 79.9. The van der Waals surface area contributed by atoms with Crippen LogP contribution in [0.5, 0.6) is 5.75 Å². The molecule has 0 saturated carbocycles. The molecular formula is C20H24BrNO2. The van der Waals surface area contributed by atoms with E-state index in [1.807, 2.05) is 26.0 Å². The van der Waals surface area contributed by atoms with E-state index in [2.05, 4.69) is 47.2 Å². The number of hydrogen-bond acceptors (Lipinski definition) is 2. The number of hydrogen-bond donors (Lipinski definition) is 1. The maximum Gasteiger partial charge on any atom is 0.259 e. The van der Waals surface area contributed by atoms with Gasteiger partial charge in [0.05, 0.1) is 12.2 Å². The summed E-state index contributed by atoms with van der Waals surface area (Å²) in [5.74, 6) is 0.462. The van der Waals surface area contributed by atoms with E-state index < -0.39 is 0 Å². The molecule has 0 aliphatic heterocycles. The van der Waals surface area contributed by atoms with Gasteiger partial charge in [0.2, 0.25) is 0 Å². The number of carbonyl (C=O) groups is 1. The SMILES string of the molecule is CCCCOc1ccc(Br)cc1C(=O)Nc1c(C)cc(C)cc1C. The summed E-state index contributed by atoms with van der Waals surface area (Å²) >= 11 is 3.43. The zero-order valence-corrected chi connectivity index (χ0v) is 16.3. The number of rotatable bonds is 6. The van der Waals surface area contributed by atoms with Crippen LogP contribution in [0.4, 0.5) is 5.69 Å². The molecule has 0 fully saturated rings. The molecule has 0 aliphatic rings. The molecule has 1 amide bonds. The van der Waals surface area contributed by atoms with Gasteiger partial charge >= 0.3 is 0 Å². The highest BCUT2D eigenvalue weighted by Crippen LogP contribution is 2.27. The predicted molar refractivity (Wildman–Crippen MR) is 103 cm³/mol. The third kappa shape index (κ3) is 4.60. The molecule has 0 spiro atoms. The lowest BCUT2D eigenvalue weighted by Gasteiger charge is -2.15. The Balaban J connectivity index is 2.28. The van der Waals surface area contributed by atoms with Crippen LogP contribution in [-0.2, 0) is 0 Å². The first-order valence-corrected chi connectivity index (χ1v) is 9.03. The Morgan fingerprint density at radius 1 is 1.12 bits per heavy atom. The first-order valence-electron chi connectivity index (χ1n) is 8.24. The molecular weight excluding hydrogens is 366 g/mol. The summed E-state index contributed by atoms with van der Waals surface area (Å²) in [7, 11) is 0. The molecule has 2 aromatic rings. The van der Waals surface area contributed by atoms with E-state index in [-0.39, 0.29) is 5.91 Å². The largest absolute Gasteiger partial charge is 0.493 e. The Morgan fingerprint density at radius 2 is 1.79 bits per heavy atom. The van der Waals surface area contributed by atoms with Gasteiger partial charge in [0.1, 0.15) is 5.75 Å². The van der Waals surface area contributed by atoms with Gasteiger partial charge in [-0.3, -0.25) is 4.79 Å². The number of nitrogens with one attached hydrogen (secondary N) is 1. The molecule has 0 unspecified atom stereocenters. The zero-order chi connectivity index (χ0) is 17.7. The summed E-state index contributed by atoms with van der Waals surface area (Å²) in [6.45, 7) is 8.80. The molecule has 2 rings (SSSR count). The van der Waals surface area contributed by atoms with E-state index in [1.54, 1.807) is 6.07 Å². The van der Waals surface area contributed by atoms with E-state index in [0.717, 1.165) is 34.1 Å². The van der Waals surface area contributed by atoms with Gasteiger partial charge in [-0.25, -0.2) is 0 Å². The summed E-state index contributed by atoms with van der Waals surface area (Å²) in [5.41, 5.74) is 4.72. The number of benzene rings is 2. The molecule has 4 heteroatoms. The van der Waals surface area contributed by atoms with Crippen molar-refractivity contribution in [2.45, 2.75) is 40.5 Å². The highest BCUT2D eigenvalue weighted by molar-refractivity contribution is 9.10. The Bertz CT molecular complexity index is 717. The second-order valence-corrected chi connectivity index (χ2v) is 6.99. The van der Waals surface area contributed by atoms with Gasteiger partial charge in [0.25, 0.3) is 5.91 Å². The molecule has 0 aliphatic carbocycles. The number of aryl methyl sites for hydroxylation is 3. The van der Waals surface area contributed by atoms with E-state index in [0.29, 0.717) is 17.9 Å². The van der Waals surface area contributed by atoms with Gasteiger partial charge in [-0.2, -0.15) is 0 Å². The maximum atomic E-state index is 12.8. The summed E-state index contributed by atoms with van der Waals surface area (Å²) < 4.78 is 6.64. The fourth-order valence-electron chi connectivity index (χ4n) is 2.69. The first kappa shape index (κ1) is 18.5. The quantitative estimate of drug-likeness (QED) is 0.633. The molecule has 1 N–H and O–H groups in total. The topological polar surface area (TPSA) is 38.3 Å². The van der Waals surface area contributed by atoms with Crippen LogP contribution in [0.15, 0.2) is 34.8 Å². The minimum Gasteiger partial charge on any atom is -0.493 e. The summed E-state index contributed by atoms with van der Waals surface area (Å²) in [4.78, 5) is 12.8. The van der Waals surface area contributed by atoms with Gasteiger partial charge in [-0.15, -0.1) is 0 Å². The first-order chi connectivity index (χ1) is 11.4. The zero-order valence-electron chi connectivity index (χ0n) is 14.7. The molecule has 0 radical (unpaired) electrons. The van der Waals surface area contributed by atoms with Gasteiger partial charge in [-0.1, -0.05) is 47.0 Å². The third-order valence-corrected chi connectivity index (χ3v) is 4.35. The summed E-state index contributed by atoms with van der Waals surface area (Å²) in [5, 5.41) is 3.04. The number of ether oxygens (including phenoxy) is 1. The van der Waals surface area contributed by atoms with Crippen molar-refractivity contribution in [3.63, 3.8) is 0 Å². The smallest absolute Gasteiger partial charge is 0.259 e. The monoisotopic (exact) mass is 389 g/mol. The molecule has 2 aromatic carbocycles. The number of halogens is 1. The van der Waals surface area contributed by atoms with E-state index in [9.17, 15) is 4.79 Å². The van der Waals surface area contributed by atoms with Crippen LogP contribution in [-0.4, -0.2) is 12.5 Å². The van der Waals surface area contributed by atoms with Crippen LogP contribution >= 0.6 is 15.9 Å². The molecule has 0 heterocycles. The Kier molecular flexibility index (Phi) is 6.44. The highest BCUT2D eigenvalue weighted by Gasteiger charge is 2.16. The normalized spacial score (nSPS) is 10.5. The molecule has 0 saturated heterocycles. The van der Waals surface area contributed by atoms with E-state index in [4.69, 9.17) is 4.74 Å². The predicted octanol–water partition coefficient (Wildman–Crippen LogP) is 5.81. The van der Waals surface area contributed by atoms with Crippen LogP contribution in [0.3, 0.4) is 0 Å². The van der Waals surface area contributed by atoms with Crippen molar-refractivity contribution < 1.29 is 9.53 Å². The van der Waals surface area contributed by atoms with Crippen LogP contribution < -0.4 is 10.1 Å². The van der Waals surface area contributed by atoms with Gasteiger partial charge in [-0.05, 0) is 56.5 Å². The Labute approximate surface area is 152 Å². The van der Waals surface area contributed by atoms with Crippen molar-refractivity contribution in [2.24, 2.45) is 0 Å². The lowest BCUT2D eigenvalue weighted by molar-refractivity contribution is 0.102. The third-order valence-electron chi connectivity index (χ3n) is 3.86. The lowest BCUT2D eigenvalue weighted by atomic mass is 10.0. The lowest BCUT2D eigenvalue weighted by Crippen LogP contribution is -2.15. The van der Waals surface area contributed by atoms with Crippen molar-refractivity contribution in [2.75, 3.05) is 11.9 Å². The minimum atomic E-state index is -0.155. The van der Waals surface area contributed by atoms with Crippen LogP contribution in [0.2, 0.25) is 0 Å². The van der Waals surface area contributed by atoms with Crippen molar-refractivity contribution in [1.29, 1.82) is 0 Å². The van der Waals surface area contributed by atoms with Crippen LogP contribution in [0.1, 0.15) is 46.8 Å². The van der Waals surface area contributed by atoms with E-state index >= 15 is 0 Å². The maximum absolute atomic E-state index is 12.8. The average molecular weight is 390 g/mol. The second kappa shape index (κ2) is 8.34. The summed E-state index contributed by atoms with van der Waals surface area (Å²) in [6, 6.07) is 9.67. The molecule has 0 aromatic heterocycles. The standard InChI is InChI=1S/C20H24BrNO2/c1-5-6-9-24-18-8-7-16(21)12-17(18)20(23)22-19-14(3)10-13(2)11-15(19)4/h7-8,10-12H,5-6,9H2,1-4H3,(H,22,23). The average Bonchev–Trinajstić information content (AvgIpc) is 2.52. The molecule has 24 heavy (non-hydrogen) atoms. The van der Waals surface area contributed by atoms with Gasteiger partial charge in [0.15, 0.2) is 0 Å². The van der Waals surface area contributed by atoms with Crippen LogP contribution in [0.25, 0.3) is 0 Å². The fraction of sp³-hybridized carbons (Fsp3) is 0.350. The molecule has 3 nitrogen and oxygen atoms in total.